The highest BCUT2D eigenvalue weighted by atomic mass is 32.2. The summed E-state index contributed by atoms with van der Waals surface area (Å²) in [5.74, 6) is 0.996. The number of hydrogen-bond donors (Lipinski definition) is 2. The van der Waals surface area contributed by atoms with Crippen LogP contribution in [0, 0.1) is 0 Å². The highest BCUT2D eigenvalue weighted by Gasteiger charge is 2.07. The minimum atomic E-state index is 0.0161. The van der Waals surface area contributed by atoms with Crippen molar-refractivity contribution in [2.75, 3.05) is 16.8 Å². The Labute approximate surface area is 129 Å². The van der Waals surface area contributed by atoms with Crippen LogP contribution >= 0.6 is 11.8 Å². The van der Waals surface area contributed by atoms with Gasteiger partial charge in [-0.2, -0.15) is 0 Å². The van der Waals surface area contributed by atoms with E-state index in [0.717, 1.165) is 27.6 Å². The molecule has 3 nitrogen and oxygen atoms in total. The second-order valence-electron chi connectivity index (χ2n) is 4.68. The molecule has 4 heteroatoms. The van der Waals surface area contributed by atoms with E-state index in [0.29, 0.717) is 12.8 Å². The van der Waals surface area contributed by atoms with Gasteiger partial charge in [0.25, 0.3) is 0 Å². The molecule has 3 N–H and O–H groups in total. The van der Waals surface area contributed by atoms with Crippen LogP contribution in [0.5, 0.6) is 0 Å². The van der Waals surface area contributed by atoms with Crippen molar-refractivity contribution in [2.45, 2.75) is 24.7 Å². The maximum absolute atomic E-state index is 12.1. The third-order valence-electron chi connectivity index (χ3n) is 3.14. The van der Waals surface area contributed by atoms with E-state index in [9.17, 15) is 4.79 Å². The minimum absolute atomic E-state index is 0.0161. The van der Waals surface area contributed by atoms with Crippen LogP contribution in [0.25, 0.3) is 0 Å². The van der Waals surface area contributed by atoms with Crippen molar-refractivity contribution in [3.05, 3.63) is 54.1 Å². The fraction of sp³-hybridized carbons (Fsp3) is 0.235. The quantitative estimate of drug-likeness (QED) is 0.627. The van der Waals surface area contributed by atoms with Gasteiger partial charge in [-0.1, -0.05) is 37.3 Å². The van der Waals surface area contributed by atoms with Crippen molar-refractivity contribution in [3.63, 3.8) is 0 Å². The molecule has 0 saturated carbocycles. The van der Waals surface area contributed by atoms with E-state index < -0.39 is 0 Å². The average molecular weight is 300 g/mol. The molecule has 2 aromatic carbocycles. The van der Waals surface area contributed by atoms with Crippen LogP contribution in [0.3, 0.4) is 0 Å². The number of benzene rings is 2. The van der Waals surface area contributed by atoms with E-state index in [4.69, 9.17) is 5.73 Å². The molecule has 0 atom stereocenters. The average Bonchev–Trinajstić information content (AvgIpc) is 2.49. The number of carbonyl (C=O) groups excluding carboxylic acids is 1. The fourth-order valence-electron chi connectivity index (χ4n) is 2.07. The van der Waals surface area contributed by atoms with Crippen LogP contribution < -0.4 is 11.1 Å². The highest BCUT2D eigenvalue weighted by Crippen LogP contribution is 2.26. The lowest BCUT2D eigenvalue weighted by molar-refractivity contribution is -0.116. The lowest BCUT2D eigenvalue weighted by Crippen LogP contribution is -2.13. The molecular formula is C17H20N2OS. The summed E-state index contributed by atoms with van der Waals surface area (Å²) in [7, 11) is 0. The van der Waals surface area contributed by atoms with E-state index in [2.05, 4.69) is 12.2 Å². The third-order valence-corrected chi connectivity index (χ3v) is 4.09. The molecule has 2 rings (SSSR count). The van der Waals surface area contributed by atoms with Crippen LogP contribution in [0.15, 0.2) is 53.4 Å². The Morgan fingerprint density at radius 2 is 1.86 bits per heavy atom. The van der Waals surface area contributed by atoms with Crippen molar-refractivity contribution in [2.24, 2.45) is 0 Å². The Kier molecular flexibility index (Phi) is 5.69. The SMILES string of the molecule is CCSc1ccccc1NC(=O)CCc1ccccc1N. The number of rotatable bonds is 6. The molecule has 0 heterocycles. The Balaban J connectivity index is 1.95. The van der Waals surface area contributed by atoms with Crippen LogP contribution in [0.4, 0.5) is 11.4 Å². The standard InChI is InChI=1S/C17H20N2OS/c1-2-21-16-10-6-5-9-15(16)19-17(20)12-11-13-7-3-4-8-14(13)18/h3-10H,2,11-12,18H2,1H3,(H,19,20). The van der Waals surface area contributed by atoms with Crippen LogP contribution in [0.1, 0.15) is 18.9 Å². The molecule has 2 aromatic rings. The van der Waals surface area contributed by atoms with Gasteiger partial charge in [0.15, 0.2) is 0 Å². The summed E-state index contributed by atoms with van der Waals surface area (Å²) in [6.07, 6.45) is 1.08. The van der Waals surface area contributed by atoms with Gasteiger partial charge in [0.2, 0.25) is 5.91 Å². The van der Waals surface area contributed by atoms with Crippen molar-refractivity contribution in [1.82, 2.24) is 0 Å². The van der Waals surface area contributed by atoms with Gasteiger partial charge in [0.1, 0.15) is 0 Å². The molecule has 0 fully saturated rings. The molecule has 21 heavy (non-hydrogen) atoms. The number of para-hydroxylation sites is 2. The first kappa shape index (κ1) is 15.4. The first-order valence-corrected chi connectivity index (χ1v) is 8.04. The van der Waals surface area contributed by atoms with Gasteiger partial charge in [-0.05, 0) is 35.9 Å². The molecule has 0 radical (unpaired) electrons. The molecule has 0 spiro atoms. The first-order chi connectivity index (χ1) is 10.2. The van der Waals surface area contributed by atoms with E-state index >= 15 is 0 Å². The zero-order chi connectivity index (χ0) is 15.1. The number of anilines is 2. The lowest BCUT2D eigenvalue weighted by Gasteiger charge is -2.10. The molecule has 0 aromatic heterocycles. The monoisotopic (exact) mass is 300 g/mol. The summed E-state index contributed by atoms with van der Waals surface area (Å²) in [6, 6.07) is 15.5. The molecule has 1 amide bonds. The molecule has 0 aliphatic heterocycles. The second kappa shape index (κ2) is 7.74. The maximum atomic E-state index is 12.1. The number of nitrogens with two attached hydrogens (primary N) is 1. The second-order valence-corrected chi connectivity index (χ2v) is 5.98. The predicted molar refractivity (Wildman–Crippen MR) is 90.6 cm³/mol. The minimum Gasteiger partial charge on any atom is -0.399 e. The van der Waals surface area contributed by atoms with E-state index in [1.165, 1.54) is 0 Å². The van der Waals surface area contributed by atoms with Gasteiger partial charge in [-0.15, -0.1) is 11.8 Å². The number of nitrogens with one attached hydrogen (secondary N) is 1. The summed E-state index contributed by atoms with van der Waals surface area (Å²) in [5, 5.41) is 2.98. The summed E-state index contributed by atoms with van der Waals surface area (Å²) in [4.78, 5) is 13.2. The predicted octanol–water partition coefficient (Wildman–Crippen LogP) is 3.95. The van der Waals surface area contributed by atoms with Gasteiger partial charge >= 0.3 is 0 Å². The Morgan fingerprint density at radius 1 is 1.14 bits per heavy atom. The molecule has 0 aliphatic rings. The smallest absolute Gasteiger partial charge is 0.224 e. The van der Waals surface area contributed by atoms with Gasteiger partial charge < -0.3 is 11.1 Å². The summed E-state index contributed by atoms with van der Waals surface area (Å²) >= 11 is 1.73. The highest BCUT2D eigenvalue weighted by molar-refractivity contribution is 7.99. The summed E-state index contributed by atoms with van der Waals surface area (Å²) < 4.78 is 0. The maximum Gasteiger partial charge on any atom is 0.224 e. The molecule has 0 unspecified atom stereocenters. The van der Waals surface area contributed by atoms with Gasteiger partial charge in [0, 0.05) is 17.0 Å². The van der Waals surface area contributed by atoms with E-state index in [1.54, 1.807) is 11.8 Å². The first-order valence-electron chi connectivity index (χ1n) is 7.05. The lowest BCUT2D eigenvalue weighted by atomic mass is 10.1. The van der Waals surface area contributed by atoms with Crippen LogP contribution in [0.2, 0.25) is 0 Å². The zero-order valence-electron chi connectivity index (χ0n) is 12.1. The molecule has 110 valence electrons. The largest absolute Gasteiger partial charge is 0.399 e. The fourth-order valence-corrected chi connectivity index (χ4v) is 2.83. The number of hydrogen-bond acceptors (Lipinski definition) is 3. The molecule has 0 aliphatic carbocycles. The molecular weight excluding hydrogens is 280 g/mol. The Hall–Kier alpha value is -1.94. The van der Waals surface area contributed by atoms with Crippen LogP contribution in [-0.2, 0) is 11.2 Å². The number of aryl methyl sites for hydroxylation is 1. The topological polar surface area (TPSA) is 55.1 Å². The molecule has 0 saturated heterocycles. The van der Waals surface area contributed by atoms with Gasteiger partial charge in [0.05, 0.1) is 5.69 Å². The van der Waals surface area contributed by atoms with E-state index in [1.807, 2.05) is 48.5 Å². The Morgan fingerprint density at radius 3 is 2.62 bits per heavy atom. The van der Waals surface area contributed by atoms with Gasteiger partial charge in [-0.25, -0.2) is 0 Å². The normalized spacial score (nSPS) is 10.3. The number of carbonyl (C=O) groups is 1. The van der Waals surface area contributed by atoms with Crippen molar-refractivity contribution < 1.29 is 4.79 Å². The van der Waals surface area contributed by atoms with Crippen molar-refractivity contribution in [3.8, 4) is 0 Å². The summed E-state index contributed by atoms with van der Waals surface area (Å²) in [6.45, 7) is 2.10. The van der Waals surface area contributed by atoms with Crippen molar-refractivity contribution >= 4 is 29.0 Å². The Bertz CT molecular complexity index is 613. The number of amides is 1. The van der Waals surface area contributed by atoms with Crippen LogP contribution in [-0.4, -0.2) is 11.7 Å². The third kappa shape index (κ3) is 4.53. The number of nitrogen functional groups attached to an aromatic ring is 1. The van der Waals surface area contributed by atoms with Gasteiger partial charge in [-0.3, -0.25) is 4.79 Å². The number of thioether (sulfide) groups is 1. The zero-order valence-corrected chi connectivity index (χ0v) is 13.0. The molecule has 0 bridgehead atoms. The van der Waals surface area contributed by atoms with Crippen molar-refractivity contribution in [1.29, 1.82) is 0 Å². The summed E-state index contributed by atoms with van der Waals surface area (Å²) in [5.41, 5.74) is 8.53. The van der Waals surface area contributed by atoms with E-state index in [-0.39, 0.29) is 5.91 Å².